The molecule has 0 aliphatic heterocycles. The van der Waals surface area contributed by atoms with E-state index in [0.29, 0.717) is 11.1 Å². The fourth-order valence-corrected chi connectivity index (χ4v) is 2.53. The van der Waals surface area contributed by atoms with Gasteiger partial charge in [-0.15, -0.1) is 0 Å². The number of hydrogen-bond acceptors (Lipinski definition) is 5. The van der Waals surface area contributed by atoms with E-state index in [1.165, 1.54) is 23.7 Å². The number of hydrogen-bond donors (Lipinski definition) is 1. The number of nitriles is 1. The van der Waals surface area contributed by atoms with Crippen LogP contribution in [0.3, 0.4) is 0 Å². The van der Waals surface area contributed by atoms with Crippen LogP contribution in [-0.2, 0) is 0 Å². The van der Waals surface area contributed by atoms with Gasteiger partial charge >= 0.3 is 0 Å². The van der Waals surface area contributed by atoms with Gasteiger partial charge in [0.1, 0.15) is 23.0 Å². The van der Waals surface area contributed by atoms with Crippen LogP contribution in [-0.4, -0.2) is 4.37 Å². The minimum atomic E-state index is -0.309. The molecule has 0 saturated heterocycles. The maximum Gasteiger partial charge on any atom is 0.211 e. The number of nitrogen functional groups attached to an aromatic ring is 1. The molecule has 1 aromatic carbocycles. The Morgan fingerprint density at radius 3 is 2.72 bits per heavy atom. The monoisotopic (exact) mass is 259 g/mol. The van der Waals surface area contributed by atoms with Gasteiger partial charge in [-0.25, -0.2) is 4.39 Å². The number of nitrogens with zero attached hydrogens (tertiary/aromatic N) is 2. The minimum Gasteiger partial charge on any atom is -0.436 e. The molecule has 0 radical (unpaired) electrons. The zero-order valence-corrected chi connectivity index (χ0v) is 9.79. The van der Waals surface area contributed by atoms with Crippen LogP contribution in [0.2, 0.25) is 0 Å². The van der Waals surface area contributed by atoms with Gasteiger partial charge in [-0.05, 0) is 29.2 Å². The van der Waals surface area contributed by atoms with Crippen molar-refractivity contribution in [3.05, 3.63) is 35.6 Å². The van der Waals surface area contributed by atoms with Crippen molar-refractivity contribution >= 4 is 28.5 Å². The van der Waals surface area contributed by atoms with Crippen molar-refractivity contribution in [2.75, 3.05) is 5.73 Å². The first-order valence-corrected chi connectivity index (χ1v) is 5.81. The number of halogens is 1. The van der Waals surface area contributed by atoms with E-state index in [1.54, 1.807) is 12.1 Å². The molecule has 0 unspecified atom stereocenters. The Balaban J connectivity index is 2.25. The van der Waals surface area contributed by atoms with E-state index in [9.17, 15) is 4.39 Å². The Bertz CT molecular complexity index is 767. The normalized spacial score (nSPS) is 10.7. The lowest BCUT2D eigenvalue weighted by atomic mass is 10.1. The van der Waals surface area contributed by atoms with Gasteiger partial charge in [0, 0.05) is 0 Å². The van der Waals surface area contributed by atoms with Crippen LogP contribution in [0.25, 0.3) is 21.5 Å². The summed E-state index contributed by atoms with van der Waals surface area (Å²) in [6, 6.07) is 7.94. The van der Waals surface area contributed by atoms with Crippen molar-refractivity contribution in [2.45, 2.75) is 0 Å². The summed E-state index contributed by atoms with van der Waals surface area (Å²) in [6.45, 7) is 0. The second kappa shape index (κ2) is 3.82. The van der Waals surface area contributed by atoms with E-state index in [0.717, 1.165) is 10.4 Å². The molecule has 88 valence electrons. The smallest absolute Gasteiger partial charge is 0.211 e. The molecular formula is C12H6FN3OS. The second-order valence-electron chi connectivity index (χ2n) is 3.65. The quantitative estimate of drug-likeness (QED) is 0.728. The second-order valence-corrected chi connectivity index (χ2v) is 4.42. The van der Waals surface area contributed by atoms with E-state index >= 15 is 0 Å². The first-order valence-electron chi connectivity index (χ1n) is 5.04. The molecule has 0 aliphatic carbocycles. The van der Waals surface area contributed by atoms with Crippen LogP contribution >= 0.6 is 11.5 Å². The minimum absolute atomic E-state index is 0.0613. The van der Waals surface area contributed by atoms with Gasteiger partial charge in [-0.1, -0.05) is 12.1 Å². The van der Waals surface area contributed by atoms with Crippen molar-refractivity contribution in [2.24, 2.45) is 0 Å². The SMILES string of the molecule is N#Cc1c(N)oc2c(-c3ccc(F)cc3)snc12. The Morgan fingerprint density at radius 2 is 2.06 bits per heavy atom. The van der Waals surface area contributed by atoms with Gasteiger partial charge in [-0.2, -0.15) is 9.64 Å². The Morgan fingerprint density at radius 1 is 1.33 bits per heavy atom. The molecule has 0 atom stereocenters. The van der Waals surface area contributed by atoms with Crippen LogP contribution < -0.4 is 5.73 Å². The molecule has 2 N–H and O–H groups in total. The molecule has 6 heteroatoms. The van der Waals surface area contributed by atoms with Crippen LogP contribution in [0.1, 0.15) is 5.56 Å². The maximum absolute atomic E-state index is 12.9. The summed E-state index contributed by atoms with van der Waals surface area (Å²) in [5.41, 5.74) is 7.55. The van der Waals surface area contributed by atoms with E-state index < -0.39 is 0 Å². The van der Waals surface area contributed by atoms with Crippen molar-refractivity contribution in [1.82, 2.24) is 4.37 Å². The zero-order valence-electron chi connectivity index (χ0n) is 8.98. The molecule has 2 heterocycles. The van der Waals surface area contributed by atoms with E-state index in [2.05, 4.69) is 4.37 Å². The lowest BCUT2D eigenvalue weighted by Crippen LogP contribution is -1.83. The molecule has 2 aromatic heterocycles. The summed E-state index contributed by atoms with van der Waals surface area (Å²) in [5, 5.41) is 8.95. The van der Waals surface area contributed by atoms with Gasteiger partial charge in [0.2, 0.25) is 5.88 Å². The molecule has 3 aromatic rings. The summed E-state index contributed by atoms with van der Waals surface area (Å²) in [4.78, 5) is 0.734. The van der Waals surface area contributed by atoms with Crippen LogP contribution in [0, 0.1) is 17.1 Å². The predicted octanol–water partition coefficient (Wildman–Crippen LogP) is 3.15. The highest BCUT2D eigenvalue weighted by Crippen LogP contribution is 2.37. The average molecular weight is 259 g/mol. The van der Waals surface area contributed by atoms with Gasteiger partial charge in [0.05, 0.1) is 4.88 Å². The third-order valence-electron chi connectivity index (χ3n) is 2.56. The molecule has 0 aliphatic rings. The Kier molecular flexibility index (Phi) is 2.28. The first-order chi connectivity index (χ1) is 8.70. The summed E-state index contributed by atoms with van der Waals surface area (Å²) < 4.78 is 22.4. The number of nitrogens with two attached hydrogens (primary N) is 1. The summed E-state index contributed by atoms with van der Waals surface area (Å²) >= 11 is 1.19. The number of benzene rings is 1. The third kappa shape index (κ3) is 1.45. The lowest BCUT2D eigenvalue weighted by Gasteiger charge is -1.95. The van der Waals surface area contributed by atoms with Crippen LogP contribution in [0.5, 0.6) is 0 Å². The number of rotatable bonds is 1. The highest BCUT2D eigenvalue weighted by Gasteiger charge is 2.19. The van der Waals surface area contributed by atoms with Gasteiger partial charge in [0.15, 0.2) is 5.58 Å². The zero-order chi connectivity index (χ0) is 12.7. The standard InChI is InChI=1S/C12H6FN3OS/c13-7-3-1-6(2-4-7)11-10-9(16-18-11)8(5-14)12(15)17-10/h1-4H,15H2. The fraction of sp³-hybridized carbons (Fsp3) is 0. The van der Waals surface area contributed by atoms with Gasteiger partial charge < -0.3 is 10.2 Å². The molecule has 3 rings (SSSR count). The number of anilines is 1. The molecule has 0 saturated carbocycles. The predicted molar refractivity (Wildman–Crippen MR) is 66.4 cm³/mol. The highest BCUT2D eigenvalue weighted by molar-refractivity contribution is 7.11. The molecule has 4 nitrogen and oxygen atoms in total. The maximum atomic E-state index is 12.9. The molecule has 0 amide bonds. The molecule has 0 fully saturated rings. The van der Waals surface area contributed by atoms with Crippen molar-refractivity contribution in [3.8, 4) is 16.5 Å². The van der Waals surface area contributed by atoms with Crippen molar-refractivity contribution < 1.29 is 8.81 Å². The van der Waals surface area contributed by atoms with Gasteiger partial charge in [-0.3, -0.25) is 0 Å². The van der Waals surface area contributed by atoms with Crippen LogP contribution in [0.15, 0.2) is 28.7 Å². The first kappa shape index (κ1) is 10.7. The molecular weight excluding hydrogens is 253 g/mol. The van der Waals surface area contributed by atoms with E-state index in [4.69, 9.17) is 15.4 Å². The highest BCUT2D eigenvalue weighted by atomic mass is 32.1. The van der Waals surface area contributed by atoms with Crippen molar-refractivity contribution in [3.63, 3.8) is 0 Å². The molecule has 0 spiro atoms. The topological polar surface area (TPSA) is 75.8 Å². The molecule has 18 heavy (non-hydrogen) atoms. The van der Waals surface area contributed by atoms with Crippen LogP contribution in [0.4, 0.5) is 10.3 Å². The number of aromatic nitrogens is 1. The Labute approximate surface area is 105 Å². The largest absolute Gasteiger partial charge is 0.436 e. The number of fused-ring (bicyclic) bond motifs is 1. The Hall–Kier alpha value is -2.39. The summed E-state index contributed by atoms with van der Waals surface area (Å²) in [5.74, 6) is -0.248. The van der Waals surface area contributed by atoms with Crippen molar-refractivity contribution in [1.29, 1.82) is 5.26 Å². The molecule has 0 bridgehead atoms. The van der Waals surface area contributed by atoms with E-state index in [-0.39, 0.29) is 17.3 Å². The fourth-order valence-electron chi connectivity index (χ4n) is 1.71. The summed E-state index contributed by atoms with van der Waals surface area (Å²) in [7, 11) is 0. The lowest BCUT2D eigenvalue weighted by molar-refractivity contribution is 0.627. The van der Waals surface area contributed by atoms with Gasteiger partial charge in [0.25, 0.3) is 0 Å². The number of furan rings is 1. The summed E-state index contributed by atoms with van der Waals surface area (Å²) in [6.07, 6.45) is 0. The third-order valence-corrected chi connectivity index (χ3v) is 3.44. The average Bonchev–Trinajstić information content (AvgIpc) is 2.88. The van der Waals surface area contributed by atoms with E-state index in [1.807, 2.05) is 6.07 Å².